The third kappa shape index (κ3) is 6.20. The zero-order valence-corrected chi connectivity index (χ0v) is 23.2. The van der Waals surface area contributed by atoms with Crippen LogP contribution in [0, 0.1) is 6.92 Å². The van der Waals surface area contributed by atoms with Crippen LogP contribution < -0.4 is 14.2 Å². The van der Waals surface area contributed by atoms with E-state index in [4.69, 9.17) is 18.9 Å². The summed E-state index contributed by atoms with van der Waals surface area (Å²) in [6, 6.07) is 9.79. The Hall–Kier alpha value is -3.56. The Morgan fingerprint density at radius 1 is 1.00 bits per heavy atom. The molecule has 1 N–H and O–H groups in total. The summed E-state index contributed by atoms with van der Waals surface area (Å²) in [5.74, 6) is 0.175. The van der Waals surface area contributed by atoms with Crippen LogP contribution in [0.3, 0.4) is 0 Å². The molecule has 0 radical (unpaired) electrons. The fourth-order valence-electron chi connectivity index (χ4n) is 5.10. The molecule has 2 heterocycles. The molecule has 9 nitrogen and oxygen atoms in total. The van der Waals surface area contributed by atoms with Crippen molar-refractivity contribution >= 4 is 17.4 Å². The first-order valence-corrected chi connectivity index (χ1v) is 13.4. The van der Waals surface area contributed by atoms with Crippen molar-refractivity contribution in [1.29, 1.82) is 0 Å². The van der Waals surface area contributed by atoms with Crippen LogP contribution in [0.25, 0.3) is 5.76 Å². The lowest BCUT2D eigenvalue weighted by Gasteiger charge is -2.29. The SMILES string of the molecule is CCCOc1ccc(C(O)=C2C(=O)C(=O)N(CCCN3CCOCC3)C2c2ccc(OC)c(OC)c2)cc1C. The van der Waals surface area contributed by atoms with Gasteiger partial charge in [-0.1, -0.05) is 13.0 Å². The molecule has 0 spiro atoms. The number of carbonyl (C=O) groups excluding carboxylic acids is 2. The minimum atomic E-state index is -0.772. The highest BCUT2D eigenvalue weighted by Gasteiger charge is 2.46. The number of methoxy groups -OCH3 is 2. The number of likely N-dealkylation sites (tertiary alicyclic amines) is 1. The first-order valence-electron chi connectivity index (χ1n) is 13.4. The highest BCUT2D eigenvalue weighted by Crippen LogP contribution is 2.42. The molecule has 4 rings (SSSR count). The molecule has 1 unspecified atom stereocenters. The van der Waals surface area contributed by atoms with E-state index in [0.29, 0.717) is 61.2 Å². The summed E-state index contributed by atoms with van der Waals surface area (Å²) in [4.78, 5) is 30.6. The van der Waals surface area contributed by atoms with Gasteiger partial charge in [-0.2, -0.15) is 0 Å². The first-order chi connectivity index (χ1) is 18.9. The van der Waals surface area contributed by atoms with Gasteiger partial charge in [-0.15, -0.1) is 0 Å². The summed E-state index contributed by atoms with van der Waals surface area (Å²) in [6.45, 7) is 8.71. The second-order valence-electron chi connectivity index (χ2n) is 9.74. The largest absolute Gasteiger partial charge is 0.507 e. The van der Waals surface area contributed by atoms with Crippen molar-refractivity contribution in [3.8, 4) is 17.2 Å². The molecule has 2 aromatic rings. The smallest absolute Gasteiger partial charge is 0.295 e. The van der Waals surface area contributed by atoms with Gasteiger partial charge >= 0.3 is 0 Å². The average molecular weight is 539 g/mol. The monoisotopic (exact) mass is 538 g/mol. The number of rotatable bonds is 11. The summed E-state index contributed by atoms with van der Waals surface area (Å²) in [6.07, 6.45) is 1.56. The molecule has 2 fully saturated rings. The number of aryl methyl sites for hydroxylation is 1. The molecule has 0 bridgehead atoms. The molecular weight excluding hydrogens is 500 g/mol. The quantitative estimate of drug-likeness (QED) is 0.261. The number of Topliss-reactive ketones (excluding diaryl/α,β-unsaturated/α-hetero) is 1. The molecule has 9 heteroatoms. The van der Waals surface area contributed by atoms with E-state index in [1.807, 2.05) is 13.8 Å². The van der Waals surface area contributed by atoms with Crippen LogP contribution in [0.2, 0.25) is 0 Å². The summed E-state index contributed by atoms with van der Waals surface area (Å²) in [5.41, 5.74) is 1.99. The maximum absolute atomic E-state index is 13.4. The van der Waals surface area contributed by atoms with Crippen LogP contribution in [-0.4, -0.2) is 86.8 Å². The lowest BCUT2D eigenvalue weighted by molar-refractivity contribution is -0.140. The van der Waals surface area contributed by atoms with Crippen LogP contribution in [0.5, 0.6) is 17.2 Å². The van der Waals surface area contributed by atoms with Gasteiger partial charge in [0.05, 0.1) is 45.7 Å². The molecule has 0 aliphatic carbocycles. The number of morpholine rings is 1. The van der Waals surface area contributed by atoms with E-state index in [9.17, 15) is 14.7 Å². The van der Waals surface area contributed by atoms with Crippen LogP contribution in [0.1, 0.15) is 42.5 Å². The van der Waals surface area contributed by atoms with Gasteiger partial charge in [0.2, 0.25) is 0 Å². The maximum Gasteiger partial charge on any atom is 0.295 e. The predicted octanol–water partition coefficient (Wildman–Crippen LogP) is 3.95. The summed E-state index contributed by atoms with van der Waals surface area (Å²) in [7, 11) is 3.08. The fraction of sp³-hybridized carbons (Fsp3) is 0.467. The van der Waals surface area contributed by atoms with Crippen LogP contribution in [0.15, 0.2) is 42.0 Å². The summed E-state index contributed by atoms with van der Waals surface area (Å²) < 4.78 is 22.1. The zero-order valence-electron chi connectivity index (χ0n) is 23.2. The van der Waals surface area contributed by atoms with E-state index in [1.165, 1.54) is 7.11 Å². The van der Waals surface area contributed by atoms with Crippen LogP contribution in [-0.2, 0) is 14.3 Å². The van der Waals surface area contributed by atoms with E-state index in [0.717, 1.165) is 31.6 Å². The van der Waals surface area contributed by atoms with E-state index in [2.05, 4.69) is 4.90 Å². The number of benzene rings is 2. The molecule has 1 amide bonds. The Labute approximate surface area is 229 Å². The molecule has 1 atom stereocenters. The van der Waals surface area contributed by atoms with Gasteiger partial charge in [-0.25, -0.2) is 0 Å². The van der Waals surface area contributed by atoms with Gasteiger partial charge in [0.15, 0.2) is 11.5 Å². The minimum Gasteiger partial charge on any atom is -0.507 e. The van der Waals surface area contributed by atoms with Gasteiger partial charge in [0.25, 0.3) is 11.7 Å². The van der Waals surface area contributed by atoms with Crippen molar-refractivity contribution in [3.05, 3.63) is 58.7 Å². The van der Waals surface area contributed by atoms with Gasteiger partial charge in [0, 0.05) is 31.7 Å². The van der Waals surface area contributed by atoms with Crippen molar-refractivity contribution in [3.63, 3.8) is 0 Å². The number of nitrogens with zero attached hydrogens (tertiary/aromatic N) is 2. The average Bonchev–Trinajstić information content (AvgIpc) is 3.21. The van der Waals surface area contributed by atoms with E-state index in [-0.39, 0.29) is 11.3 Å². The van der Waals surface area contributed by atoms with Crippen molar-refractivity contribution in [2.24, 2.45) is 0 Å². The van der Waals surface area contributed by atoms with Crippen molar-refractivity contribution in [2.75, 3.05) is 60.2 Å². The third-order valence-corrected chi connectivity index (χ3v) is 7.15. The number of amides is 1. The predicted molar refractivity (Wildman–Crippen MR) is 147 cm³/mol. The number of ketones is 1. The standard InChI is InChI=1S/C30H38N2O7/c1-5-15-39-23-9-8-22(18-20(23)2)28(33)26-27(21-7-10-24(36-3)25(19-21)37-4)32(30(35)29(26)34)12-6-11-31-13-16-38-17-14-31/h7-10,18-19,27,33H,5-6,11-17H2,1-4H3. The number of ether oxygens (including phenoxy) is 4. The molecule has 2 saturated heterocycles. The second-order valence-corrected chi connectivity index (χ2v) is 9.74. The topological polar surface area (TPSA) is 97.8 Å². The summed E-state index contributed by atoms with van der Waals surface area (Å²) >= 11 is 0. The normalized spacial score (nSPS) is 19.4. The molecule has 2 aliphatic heterocycles. The van der Waals surface area contributed by atoms with Gasteiger partial charge in [-0.05, 0) is 61.2 Å². The molecule has 0 aromatic heterocycles. The molecule has 210 valence electrons. The number of carbonyl (C=O) groups is 2. The Kier molecular flexibility index (Phi) is 9.48. The van der Waals surface area contributed by atoms with Gasteiger partial charge < -0.3 is 29.0 Å². The molecule has 2 aromatic carbocycles. The Bertz CT molecular complexity index is 1220. The number of hydrogen-bond acceptors (Lipinski definition) is 8. The highest BCUT2D eigenvalue weighted by molar-refractivity contribution is 6.46. The lowest BCUT2D eigenvalue weighted by atomic mass is 9.94. The lowest BCUT2D eigenvalue weighted by Crippen LogP contribution is -2.38. The fourth-order valence-corrected chi connectivity index (χ4v) is 5.10. The van der Waals surface area contributed by atoms with Crippen molar-refractivity contribution in [2.45, 2.75) is 32.7 Å². The number of aliphatic hydroxyl groups is 1. The van der Waals surface area contributed by atoms with Crippen LogP contribution in [0.4, 0.5) is 0 Å². The highest BCUT2D eigenvalue weighted by atomic mass is 16.5. The number of hydrogen-bond donors (Lipinski definition) is 1. The van der Waals surface area contributed by atoms with Gasteiger partial charge in [0.1, 0.15) is 11.5 Å². The zero-order chi connectivity index (χ0) is 27.9. The molecule has 2 aliphatic rings. The second kappa shape index (κ2) is 13.0. The third-order valence-electron chi connectivity index (χ3n) is 7.15. The minimum absolute atomic E-state index is 0.0558. The van der Waals surface area contributed by atoms with Crippen LogP contribution >= 0.6 is 0 Å². The van der Waals surface area contributed by atoms with E-state index >= 15 is 0 Å². The van der Waals surface area contributed by atoms with Gasteiger partial charge in [-0.3, -0.25) is 14.5 Å². The number of aliphatic hydroxyl groups excluding tert-OH is 1. The van der Waals surface area contributed by atoms with E-state index in [1.54, 1.807) is 48.4 Å². The van der Waals surface area contributed by atoms with E-state index < -0.39 is 17.7 Å². The molecule has 39 heavy (non-hydrogen) atoms. The summed E-state index contributed by atoms with van der Waals surface area (Å²) in [5, 5.41) is 11.5. The molecule has 0 saturated carbocycles. The Balaban J connectivity index is 1.72. The first kappa shape index (κ1) is 28.4. The van der Waals surface area contributed by atoms with Crippen molar-refractivity contribution < 1.29 is 33.6 Å². The Morgan fingerprint density at radius 2 is 1.72 bits per heavy atom. The maximum atomic E-state index is 13.4. The Morgan fingerprint density at radius 3 is 2.38 bits per heavy atom. The van der Waals surface area contributed by atoms with Crippen molar-refractivity contribution in [1.82, 2.24) is 9.80 Å². The molecular formula is C30H38N2O7.